The molecule has 0 aliphatic rings. The Bertz CT molecular complexity index is 550. The van der Waals surface area contributed by atoms with Gasteiger partial charge in [-0.2, -0.15) is 5.10 Å². The summed E-state index contributed by atoms with van der Waals surface area (Å²) in [4.78, 5) is 11.7. The predicted molar refractivity (Wildman–Crippen MR) is 80.7 cm³/mol. The molecule has 3 nitrogen and oxygen atoms in total. The van der Waals surface area contributed by atoms with Crippen LogP contribution < -0.4 is 5.43 Å². The van der Waals surface area contributed by atoms with Crippen LogP contribution in [0.15, 0.2) is 59.7 Å². The van der Waals surface area contributed by atoms with E-state index in [0.717, 1.165) is 9.13 Å². The van der Waals surface area contributed by atoms with Crippen LogP contribution >= 0.6 is 22.6 Å². The van der Waals surface area contributed by atoms with Gasteiger partial charge in [0.2, 0.25) is 0 Å². The topological polar surface area (TPSA) is 41.5 Å². The normalized spacial score (nSPS) is 10.5. The van der Waals surface area contributed by atoms with Crippen LogP contribution in [0.1, 0.15) is 15.9 Å². The molecule has 2 rings (SSSR count). The van der Waals surface area contributed by atoms with Gasteiger partial charge in [-0.15, -0.1) is 0 Å². The number of hydrogen-bond acceptors (Lipinski definition) is 2. The minimum Gasteiger partial charge on any atom is -0.267 e. The van der Waals surface area contributed by atoms with Gasteiger partial charge in [0, 0.05) is 9.13 Å². The summed E-state index contributed by atoms with van der Waals surface area (Å²) < 4.78 is 1.16. The molecule has 1 amide bonds. The molecule has 2 aromatic rings. The summed E-state index contributed by atoms with van der Waals surface area (Å²) in [6, 6.07) is 16.9. The van der Waals surface area contributed by atoms with Crippen molar-refractivity contribution in [3.63, 3.8) is 0 Å². The second-order valence-electron chi connectivity index (χ2n) is 3.62. The third-order valence-corrected chi connectivity index (χ3v) is 3.00. The van der Waals surface area contributed by atoms with Crippen molar-refractivity contribution >= 4 is 34.7 Å². The van der Waals surface area contributed by atoms with Crippen LogP contribution in [-0.2, 0) is 0 Å². The fourth-order valence-electron chi connectivity index (χ4n) is 1.37. The van der Waals surface area contributed by atoms with Gasteiger partial charge in [0.15, 0.2) is 0 Å². The van der Waals surface area contributed by atoms with E-state index in [1.54, 1.807) is 18.3 Å². The van der Waals surface area contributed by atoms with Gasteiger partial charge in [-0.1, -0.05) is 30.3 Å². The number of hydrogen-bond donors (Lipinski definition) is 1. The van der Waals surface area contributed by atoms with E-state index in [1.165, 1.54) is 0 Å². The van der Waals surface area contributed by atoms with E-state index in [-0.39, 0.29) is 5.91 Å². The summed E-state index contributed by atoms with van der Waals surface area (Å²) in [6.45, 7) is 0. The first-order valence-corrected chi connectivity index (χ1v) is 6.47. The van der Waals surface area contributed by atoms with Gasteiger partial charge in [-0.05, 0) is 52.4 Å². The molecular weight excluding hydrogens is 339 g/mol. The van der Waals surface area contributed by atoms with Gasteiger partial charge >= 0.3 is 0 Å². The van der Waals surface area contributed by atoms with Gasteiger partial charge in [0.1, 0.15) is 0 Å². The lowest BCUT2D eigenvalue weighted by molar-refractivity contribution is 0.0955. The van der Waals surface area contributed by atoms with E-state index in [9.17, 15) is 4.79 Å². The predicted octanol–water partition coefficient (Wildman–Crippen LogP) is 3.06. The zero-order chi connectivity index (χ0) is 12.8. The van der Waals surface area contributed by atoms with Crippen molar-refractivity contribution in [2.75, 3.05) is 0 Å². The Hall–Kier alpha value is -1.69. The second kappa shape index (κ2) is 6.30. The van der Waals surface area contributed by atoms with Crippen LogP contribution in [0.5, 0.6) is 0 Å². The number of carbonyl (C=O) groups excluding carboxylic acids is 1. The van der Waals surface area contributed by atoms with Gasteiger partial charge in [0.25, 0.3) is 5.91 Å². The molecule has 0 aromatic heterocycles. The molecule has 0 aliphatic carbocycles. The zero-order valence-electron chi connectivity index (χ0n) is 9.51. The van der Waals surface area contributed by atoms with Crippen molar-refractivity contribution in [2.24, 2.45) is 5.10 Å². The van der Waals surface area contributed by atoms with Crippen molar-refractivity contribution in [3.8, 4) is 0 Å². The molecule has 0 atom stereocenters. The third kappa shape index (κ3) is 3.66. The summed E-state index contributed by atoms with van der Waals surface area (Å²) in [7, 11) is 0. The molecule has 0 unspecified atom stereocenters. The van der Waals surface area contributed by atoms with E-state index >= 15 is 0 Å². The van der Waals surface area contributed by atoms with Gasteiger partial charge in [-0.25, -0.2) is 5.43 Å². The Kier molecular flexibility index (Phi) is 4.46. The third-order valence-electron chi connectivity index (χ3n) is 2.29. The molecule has 0 radical (unpaired) electrons. The second-order valence-corrected chi connectivity index (χ2v) is 4.86. The minimum absolute atomic E-state index is 0.211. The van der Waals surface area contributed by atoms with E-state index in [1.807, 2.05) is 42.5 Å². The van der Waals surface area contributed by atoms with E-state index in [2.05, 4.69) is 33.1 Å². The Morgan fingerprint density at radius 1 is 1.06 bits per heavy atom. The maximum atomic E-state index is 11.7. The Morgan fingerprint density at radius 2 is 1.72 bits per heavy atom. The molecule has 1 N–H and O–H groups in total. The maximum Gasteiger partial charge on any atom is 0.271 e. The highest BCUT2D eigenvalue weighted by atomic mass is 127. The molecule has 18 heavy (non-hydrogen) atoms. The SMILES string of the molecule is O=C(N/N=C\c1ccc(I)cc1)c1ccccc1. The number of carbonyl (C=O) groups is 1. The lowest BCUT2D eigenvalue weighted by Gasteiger charge is -1.98. The average Bonchev–Trinajstić information content (AvgIpc) is 2.42. The molecule has 0 saturated carbocycles. The van der Waals surface area contributed by atoms with Gasteiger partial charge in [0.05, 0.1) is 6.21 Å². The molecular formula is C14H11IN2O. The number of amides is 1. The van der Waals surface area contributed by atoms with Gasteiger partial charge < -0.3 is 0 Å². The molecule has 0 heterocycles. The summed E-state index contributed by atoms with van der Waals surface area (Å²) in [5.41, 5.74) is 4.03. The number of hydrazone groups is 1. The molecule has 0 bridgehead atoms. The van der Waals surface area contributed by atoms with Crippen LogP contribution in [0.3, 0.4) is 0 Å². The largest absolute Gasteiger partial charge is 0.271 e. The summed E-state index contributed by atoms with van der Waals surface area (Å²) >= 11 is 2.24. The Morgan fingerprint density at radius 3 is 2.39 bits per heavy atom. The summed E-state index contributed by atoms with van der Waals surface area (Å²) in [5.74, 6) is -0.211. The molecule has 2 aromatic carbocycles. The summed E-state index contributed by atoms with van der Waals surface area (Å²) in [5, 5.41) is 3.92. The Labute approximate surface area is 119 Å². The van der Waals surface area contributed by atoms with Crippen molar-refractivity contribution in [1.82, 2.24) is 5.43 Å². The van der Waals surface area contributed by atoms with Crippen LogP contribution in [-0.4, -0.2) is 12.1 Å². The highest BCUT2D eigenvalue weighted by Gasteiger charge is 2.01. The first-order chi connectivity index (χ1) is 8.75. The zero-order valence-corrected chi connectivity index (χ0v) is 11.7. The molecule has 0 aliphatic heterocycles. The molecule has 0 spiro atoms. The van der Waals surface area contributed by atoms with Gasteiger partial charge in [-0.3, -0.25) is 4.79 Å². The lowest BCUT2D eigenvalue weighted by Crippen LogP contribution is -2.17. The monoisotopic (exact) mass is 350 g/mol. The number of halogens is 1. The quantitative estimate of drug-likeness (QED) is 0.516. The highest BCUT2D eigenvalue weighted by Crippen LogP contribution is 2.04. The lowest BCUT2D eigenvalue weighted by atomic mass is 10.2. The van der Waals surface area contributed by atoms with Crippen molar-refractivity contribution in [2.45, 2.75) is 0 Å². The van der Waals surface area contributed by atoms with Crippen molar-refractivity contribution in [3.05, 3.63) is 69.3 Å². The van der Waals surface area contributed by atoms with Crippen molar-refractivity contribution < 1.29 is 4.79 Å². The van der Waals surface area contributed by atoms with E-state index in [0.29, 0.717) is 5.56 Å². The molecule has 0 fully saturated rings. The molecule has 0 saturated heterocycles. The fourth-order valence-corrected chi connectivity index (χ4v) is 1.73. The Balaban J connectivity index is 1.96. The maximum absolute atomic E-state index is 11.7. The standard InChI is InChI=1S/C14H11IN2O/c15-13-8-6-11(7-9-13)10-16-17-14(18)12-4-2-1-3-5-12/h1-10H,(H,17,18)/b16-10-. The molecule has 4 heteroatoms. The van der Waals surface area contributed by atoms with Crippen molar-refractivity contribution in [1.29, 1.82) is 0 Å². The first-order valence-electron chi connectivity index (χ1n) is 5.40. The number of benzene rings is 2. The van der Waals surface area contributed by atoms with E-state index in [4.69, 9.17) is 0 Å². The number of rotatable bonds is 3. The first kappa shape index (κ1) is 12.8. The minimum atomic E-state index is -0.211. The van der Waals surface area contributed by atoms with E-state index < -0.39 is 0 Å². The number of nitrogens with one attached hydrogen (secondary N) is 1. The summed E-state index contributed by atoms with van der Waals surface area (Å²) in [6.07, 6.45) is 1.62. The fraction of sp³-hybridized carbons (Fsp3) is 0. The van der Waals surface area contributed by atoms with Crippen LogP contribution in [0.25, 0.3) is 0 Å². The highest BCUT2D eigenvalue weighted by molar-refractivity contribution is 14.1. The molecule has 90 valence electrons. The van der Waals surface area contributed by atoms with Crippen LogP contribution in [0, 0.1) is 3.57 Å². The number of nitrogens with zero attached hydrogens (tertiary/aromatic N) is 1. The van der Waals surface area contributed by atoms with Crippen LogP contribution in [0.2, 0.25) is 0 Å². The van der Waals surface area contributed by atoms with Crippen LogP contribution in [0.4, 0.5) is 0 Å². The average molecular weight is 350 g/mol. The smallest absolute Gasteiger partial charge is 0.267 e.